The summed E-state index contributed by atoms with van der Waals surface area (Å²) in [6.07, 6.45) is 9.44. The number of benzene rings is 2. The van der Waals surface area contributed by atoms with Crippen LogP contribution < -0.4 is 5.32 Å². The number of methoxy groups -OCH3 is 1. The van der Waals surface area contributed by atoms with Crippen molar-refractivity contribution in [3.63, 3.8) is 0 Å². The summed E-state index contributed by atoms with van der Waals surface area (Å²) < 4.78 is 6.77. The first-order valence-corrected chi connectivity index (χ1v) is 13.8. The quantitative estimate of drug-likeness (QED) is 0.337. The number of hydrogen-bond acceptors (Lipinski definition) is 4. The number of amides is 1. The molecule has 1 amide bonds. The van der Waals surface area contributed by atoms with Crippen LogP contribution in [-0.2, 0) is 22.4 Å². The van der Waals surface area contributed by atoms with Gasteiger partial charge in [-0.2, -0.15) is 5.10 Å². The van der Waals surface area contributed by atoms with E-state index in [0.29, 0.717) is 21.3 Å². The number of aryl methyl sites for hydroxylation is 1. The molecule has 37 heavy (non-hydrogen) atoms. The summed E-state index contributed by atoms with van der Waals surface area (Å²) >= 11 is 12.7. The van der Waals surface area contributed by atoms with Gasteiger partial charge in [-0.3, -0.25) is 4.79 Å². The molecule has 1 heterocycles. The van der Waals surface area contributed by atoms with Crippen LogP contribution in [0.2, 0.25) is 10.0 Å². The van der Waals surface area contributed by atoms with Gasteiger partial charge in [0.15, 0.2) is 0 Å². The van der Waals surface area contributed by atoms with Crippen LogP contribution in [-0.4, -0.2) is 28.8 Å². The molecule has 1 N–H and O–H groups in total. The van der Waals surface area contributed by atoms with Gasteiger partial charge in [0.1, 0.15) is 0 Å². The Hall–Kier alpha value is -2.83. The van der Waals surface area contributed by atoms with Crippen molar-refractivity contribution >= 4 is 40.8 Å². The van der Waals surface area contributed by atoms with E-state index in [1.54, 1.807) is 12.1 Å². The largest absolute Gasteiger partial charge is 0.465 e. The van der Waals surface area contributed by atoms with Gasteiger partial charge in [-0.15, -0.1) is 0 Å². The molecule has 0 spiro atoms. The third-order valence-corrected chi connectivity index (χ3v) is 8.18. The second-order valence-electron chi connectivity index (χ2n) is 9.96. The number of aromatic nitrogens is 2. The number of rotatable bonds is 6. The van der Waals surface area contributed by atoms with E-state index in [1.165, 1.54) is 25.2 Å². The fourth-order valence-electron chi connectivity index (χ4n) is 5.78. The highest BCUT2D eigenvalue weighted by Crippen LogP contribution is 2.41. The van der Waals surface area contributed by atoms with Gasteiger partial charge in [0, 0.05) is 5.02 Å². The van der Waals surface area contributed by atoms with Gasteiger partial charge in [0.25, 0.3) is 0 Å². The number of halogens is 2. The summed E-state index contributed by atoms with van der Waals surface area (Å²) in [5, 5.41) is 9.08. The Labute approximate surface area is 227 Å². The maximum atomic E-state index is 14.1. The molecule has 2 aliphatic rings. The molecule has 3 aromatic rings. The van der Waals surface area contributed by atoms with Crippen LogP contribution in [0.1, 0.15) is 78.2 Å². The van der Waals surface area contributed by atoms with Crippen LogP contribution >= 0.6 is 23.2 Å². The zero-order valence-electron chi connectivity index (χ0n) is 20.9. The molecule has 1 saturated carbocycles. The molecule has 8 heteroatoms. The Bertz CT molecular complexity index is 1300. The van der Waals surface area contributed by atoms with E-state index in [4.69, 9.17) is 33.0 Å². The summed E-state index contributed by atoms with van der Waals surface area (Å²) in [4.78, 5) is 26.1. The van der Waals surface area contributed by atoms with Crippen molar-refractivity contribution in [3.8, 4) is 5.69 Å². The van der Waals surface area contributed by atoms with Crippen LogP contribution in [0.3, 0.4) is 0 Å². The predicted molar refractivity (Wildman–Crippen MR) is 146 cm³/mol. The minimum Gasteiger partial charge on any atom is -0.465 e. The number of fused-ring (bicyclic) bond motifs is 1. The minimum atomic E-state index is -0.474. The number of carbonyl (C=O) groups excluding carboxylic acids is 2. The van der Waals surface area contributed by atoms with E-state index in [9.17, 15) is 9.59 Å². The molecule has 194 valence electrons. The molecule has 0 aliphatic heterocycles. The summed E-state index contributed by atoms with van der Waals surface area (Å²) in [5.74, 6) is -0.737. The van der Waals surface area contributed by atoms with E-state index in [0.717, 1.165) is 68.4 Å². The molecule has 0 radical (unpaired) electrons. The smallest absolute Gasteiger partial charge is 0.337 e. The highest BCUT2D eigenvalue weighted by molar-refractivity contribution is 6.34. The molecule has 0 saturated heterocycles. The third-order valence-electron chi connectivity index (χ3n) is 7.61. The van der Waals surface area contributed by atoms with Gasteiger partial charge in [0.05, 0.1) is 46.4 Å². The predicted octanol–water partition coefficient (Wildman–Crippen LogP) is 7.15. The van der Waals surface area contributed by atoms with Crippen molar-refractivity contribution in [1.29, 1.82) is 0 Å². The molecular formula is C29H31Cl2N3O3. The first-order valence-electron chi connectivity index (χ1n) is 13.0. The molecule has 1 fully saturated rings. The monoisotopic (exact) mass is 539 g/mol. The Balaban J connectivity index is 1.57. The van der Waals surface area contributed by atoms with E-state index < -0.39 is 5.97 Å². The fourth-order valence-corrected chi connectivity index (χ4v) is 6.13. The number of anilines is 1. The number of esters is 1. The van der Waals surface area contributed by atoms with Gasteiger partial charge in [-0.05, 0) is 92.5 Å². The van der Waals surface area contributed by atoms with Crippen LogP contribution in [0, 0.1) is 5.92 Å². The normalized spacial score (nSPS) is 16.6. The minimum absolute atomic E-state index is 0.0943. The number of carbonyl (C=O) groups is 2. The van der Waals surface area contributed by atoms with E-state index >= 15 is 0 Å². The lowest BCUT2D eigenvalue weighted by molar-refractivity contribution is -0.119. The van der Waals surface area contributed by atoms with Crippen molar-refractivity contribution in [2.75, 3.05) is 12.4 Å². The van der Waals surface area contributed by atoms with Gasteiger partial charge < -0.3 is 10.1 Å². The van der Waals surface area contributed by atoms with Crippen molar-refractivity contribution in [3.05, 3.63) is 75.0 Å². The molecule has 1 aromatic heterocycles. The van der Waals surface area contributed by atoms with Crippen molar-refractivity contribution in [1.82, 2.24) is 9.78 Å². The Morgan fingerprint density at radius 2 is 1.73 bits per heavy atom. The molecule has 1 atom stereocenters. The second-order valence-corrected chi connectivity index (χ2v) is 10.8. The number of nitrogens with one attached hydrogen (secondary N) is 1. The van der Waals surface area contributed by atoms with Gasteiger partial charge >= 0.3 is 5.97 Å². The number of nitrogens with zero attached hydrogens (tertiary/aromatic N) is 2. The molecular weight excluding hydrogens is 509 g/mol. The zero-order chi connectivity index (χ0) is 25.9. The molecule has 1 unspecified atom stereocenters. The van der Waals surface area contributed by atoms with E-state index in [1.807, 2.05) is 28.9 Å². The van der Waals surface area contributed by atoms with Gasteiger partial charge in [-0.1, -0.05) is 42.5 Å². The molecule has 2 aromatic carbocycles. The highest BCUT2D eigenvalue weighted by atomic mass is 35.5. The summed E-state index contributed by atoms with van der Waals surface area (Å²) in [6.45, 7) is 0. The summed E-state index contributed by atoms with van der Waals surface area (Å²) in [6, 6.07) is 12.4. The fraction of sp³-hybridized carbons (Fsp3) is 0.414. The van der Waals surface area contributed by atoms with Gasteiger partial charge in [0.2, 0.25) is 5.91 Å². The van der Waals surface area contributed by atoms with Crippen LogP contribution in [0.4, 0.5) is 5.69 Å². The van der Waals surface area contributed by atoms with Gasteiger partial charge in [-0.25, -0.2) is 9.48 Å². The molecule has 2 aliphatic carbocycles. The first kappa shape index (κ1) is 25.8. The van der Waals surface area contributed by atoms with Crippen LogP contribution in [0.5, 0.6) is 0 Å². The maximum Gasteiger partial charge on any atom is 0.337 e. The van der Waals surface area contributed by atoms with Crippen LogP contribution in [0.25, 0.3) is 5.69 Å². The third kappa shape index (κ3) is 5.41. The number of hydrogen-bond donors (Lipinski definition) is 1. The Morgan fingerprint density at radius 1 is 1.00 bits per heavy atom. The lowest BCUT2D eigenvalue weighted by Gasteiger charge is -2.31. The van der Waals surface area contributed by atoms with E-state index in [-0.39, 0.29) is 17.7 Å². The summed E-state index contributed by atoms with van der Waals surface area (Å²) in [7, 11) is 1.32. The first-order chi connectivity index (χ1) is 18.0. The topological polar surface area (TPSA) is 73.2 Å². The molecule has 0 bridgehead atoms. The highest BCUT2D eigenvalue weighted by Gasteiger charge is 2.37. The average molecular weight is 540 g/mol. The van der Waals surface area contributed by atoms with Crippen molar-refractivity contribution < 1.29 is 14.3 Å². The standard InChI is InChI=1S/C29H31Cl2N3O3/c1-37-29(36)19-11-16-25(23(31)17-19)32-28(35)26(18-7-3-2-4-8-18)27-22-9-5-6-10-24(22)33-34(27)21-14-12-20(30)13-15-21/h11-18,26H,2-10H2,1H3,(H,32,35). The van der Waals surface area contributed by atoms with Crippen molar-refractivity contribution in [2.45, 2.75) is 63.7 Å². The Kier molecular flexibility index (Phi) is 7.87. The maximum absolute atomic E-state index is 14.1. The lowest BCUT2D eigenvalue weighted by atomic mass is 9.76. The van der Waals surface area contributed by atoms with Crippen LogP contribution in [0.15, 0.2) is 42.5 Å². The average Bonchev–Trinajstić information content (AvgIpc) is 3.29. The number of ether oxygens (including phenoxy) is 1. The van der Waals surface area contributed by atoms with Crippen molar-refractivity contribution in [2.24, 2.45) is 5.92 Å². The lowest BCUT2D eigenvalue weighted by Crippen LogP contribution is -2.31. The summed E-state index contributed by atoms with van der Waals surface area (Å²) in [5.41, 5.74) is 5.01. The Morgan fingerprint density at radius 3 is 2.43 bits per heavy atom. The van der Waals surface area contributed by atoms with E-state index in [2.05, 4.69) is 5.32 Å². The SMILES string of the molecule is COC(=O)c1ccc(NC(=O)C(c2c3c(nn2-c2ccc(Cl)cc2)CCCC3)C2CCCCC2)c(Cl)c1. The second kappa shape index (κ2) is 11.3. The zero-order valence-corrected chi connectivity index (χ0v) is 22.4. The molecule has 6 nitrogen and oxygen atoms in total. The molecule has 5 rings (SSSR count).